The molecular formula is C17H31NO6. The number of aliphatic hydroxyl groups excluding tert-OH is 1. The van der Waals surface area contributed by atoms with E-state index in [1.54, 1.807) is 27.0 Å². The molecule has 0 aromatic carbocycles. The van der Waals surface area contributed by atoms with Gasteiger partial charge in [0.25, 0.3) is 0 Å². The van der Waals surface area contributed by atoms with Gasteiger partial charge in [-0.05, 0) is 33.3 Å². The number of amides is 1. The summed E-state index contributed by atoms with van der Waals surface area (Å²) in [6.45, 7) is 6.91. The number of carbonyl (C=O) groups is 1. The molecule has 0 radical (unpaired) electrons. The molecular weight excluding hydrogens is 314 g/mol. The van der Waals surface area contributed by atoms with Gasteiger partial charge in [-0.1, -0.05) is 13.3 Å². The molecule has 24 heavy (non-hydrogen) atoms. The average Bonchev–Trinajstić information content (AvgIpc) is 2.46. The lowest BCUT2D eigenvalue weighted by Crippen LogP contribution is -2.63. The summed E-state index contributed by atoms with van der Waals surface area (Å²) in [5.74, 6) is -0.362. The molecule has 1 aliphatic heterocycles. The van der Waals surface area contributed by atoms with Crippen molar-refractivity contribution >= 4 is 5.91 Å². The number of aliphatic hydroxyl groups is 2. The maximum atomic E-state index is 12.0. The Balaban J connectivity index is 2.70. The number of unbranched alkanes of at least 4 members (excludes halogenated alkanes) is 1. The highest BCUT2D eigenvalue weighted by Crippen LogP contribution is 2.24. The summed E-state index contributed by atoms with van der Waals surface area (Å²) in [6.07, 6.45) is 2.30. The summed E-state index contributed by atoms with van der Waals surface area (Å²) in [5.41, 5.74) is -1.12. The second kappa shape index (κ2) is 9.36. The Morgan fingerprint density at radius 2 is 2.08 bits per heavy atom. The van der Waals surface area contributed by atoms with E-state index in [-0.39, 0.29) is 12.3 Å². The van der Waals surface area contributed by atoms with Gasteiger partial charge in [-0.2, -0.15) is 0 Å². The van der Waals surface area contributed by atoms with Crippen LogP contribution in [0.2, 0.25) is 0 Å². The number of hydrogen-bond donors (Lipinski definition) is 3. The van der Waals surface area contributed by atoms with Gasteiger partial charge in [0.15, 0.2) is 0 Å². The molecule has 1 rings (SSSR count). The lowest BCUT2D eigenvalue weighted by atomic mass is 9.96. The van der Waals surface area contributed by atoms with Gasteiger partial charge < -0.3 is 29.7 Å². The van der Waals surface area contributed by atoms with Crippen LogP contribution in [0.5, 0.6) is 0 Å². The highest BCUT2D eigenvalue weighted by molar-refractivity contribution is 5.77. The average molecular weight is 345 g/mol. The molecule has 3 N–H and O–H groups in total. The van der Waals surface area contributed by atoms with Gasteiger partial charge in [0.05, 0.1) is 30.4 Å². The Labute approximate surface area is 144 Å². The van der Waals surface area contributed by atoms with Crippen molar-refractivity contribution in [3.05, 3.63) is 12.3 Å². The largest absolute Gasteiger partial charge is 0.470 e. The van der Waals surface area contributed by atoms with Crippen molar-refractivity contribution in [2.45, 2.75) is 83.2 Å². The van der Waals surface area contributed by atoms with Crippen LogP contribution in [-0.2, 0) is 19.0 Å². The normalized spacial score (nSPS) is 31.2. The Hall–Kier alpha value is -1.15. The third kappa shape index (κ3) is 6.39. The molecule has 1 amide bonds. The van der Waals surface area contributed by atoms with Crippen LogP contribution in [0, 0.1) is 0 Å². The molecule has 0 unspecified atom stereocenters. The number of methoxy groups -OCH3 is 1. The molecule has 1 fully saturated rings. The van der Waals surface area contributed by atoms with Gasteiger partial charge in [0.2, 0.25) is 12.2 Å². The maximum absolute atomic E-state index is 12.0. The molecule has 7 nitrogen and oxygen atoms in total. The van der Waals surface area contributed by atoms with Crippen LogP contribution >= 0.6 is 0 Å². The summed E-state index contributed by atoms with van der Waals surface area (Å²) in [6, 6.07) is -0.649. The van der Waals surface area contributed by atoms with Gasteiger partial charge >= 0.3 is 0 Å². The van der Waals surface area contributed by atoms with E-state index in [1.807, 2.05) is 6.08 Å². The zero-order valence-electron chi connectivity index (χ0n) is 15.2. The summed E-state index contributed by atoms with van der Waals surface area (Å²) < 4.78 is 16.6. The van der Waals surface area contributed by atoms with Crippen LogP contribution in [-0.4, -0.2) is 59.5 Å². The smallest absolute Gasteiger partial charge is 0.228 e. The molecule has 0 spiro atoms. The quantitative estimate of drug-likeness (QED) is 0.570. The minimum absolute atomic E-state index is 0.0692. The molecule has 0 saturated carbocycles. The standard InChI is InChI=1S/C17H31NO6/c1-6-7-8-9-23-16-15(22-5)14(20)13(11(2)24-16)18-12(19)10-17(3,4)21/h8-9,11,13-16,20-21H,6-7,10H2,1-5H3,(H,18,19)/t11-,13-,14+,15-,16-/m1/s1. The Bertz CT molecular complexity index is 420. The van der Waals surface area contributed by atoms with Crippen LogP contribution in [0.3, 0.4) is 0 Å². The minimum Gasteiger partial charge on any atom is -0.470 e. The first-order chi connectivity index (χ1) is 11.2. The zero-order chi connectivity index (χ0) is 18.3. The lowest BCUT2D eigenvalue weighted by molar-refractivity contribution is -0.261. The summed E-state index contributed by atoms with van der Waals surface area (Å²) in [4.78, 5) is 12.0. The first kappa shape index (κ1) is 20.9. The molecule has 0 aromatic rings. The van der Waals surface area contributed by atoms with Gasteiger partial charge in [0, 0.05) is 7.11 Å². The fraction of sp³-hybridized carbons (Fsp3) is 0.824. The minimum atomic E-state index is -1.12. The number of nitrogens with one attached hydrogen (secondary N) is 1. The molecule has 7 heteroatoms. The maximum Gasteiger partial charge on any atom is 0.228 e. The van der Waals surface area contributed by atoms with Crippen LogP contribution in [0.4, 0.5) is 0 Å². The summed E-state index contributed by atoms with van der Waals surface area (Å²) in [7, 11) is 1.45. The van der Waals surface area contributed by atoms with Gasteiger partial charge in [-0.15, -0.1) is 0 Å². The third-order valence-electron chi connectivity index (χ3n) is 3.78. The van der Waals surface area contributed by atoms with Crippen molar-refractivity contribution in [3.8, 4) is 0 Å². The fourth-order valence-electron chi connectivity index (χ4n) is 2.58. The van der Waals surface area contributed by atoms with Crippen LogP contribution in [0.1, 0.15) is 47.0 Å². The molecule has 1 aliphatic rings. The Morgan fingerprint density at radius 3 is 2.62 bits per heavy atom. The Morgan fingerprint density at radius 1 is 1.42 bits per heavy atom. The SMILES string of the molecule is CCCC=CO[C@@H]1O[C@H](C)[C@@H](NC(=O)CC(C)(C)O)[C@H](O)[C@H]1OC. The van der Waals surface area contributed by atoms with Crippen molar-refractivity contribution in [2.75, 3.05) is 7.11 Å². The highest BCUT2D eigenvalue weighted by Gasteiger charge is 2.45. The van der Waals surface area contributed by atoms with Gasteiger partial charge in [-0.3, -0.25) is 4.79 Å². The second-order valence-corrected chi connectivity index (χ2v) is 6.78. The second-order valence-electron chi connectivity index (χ2n) is 6.78. The first-order valence-electron chi connectivity index (χ1n) is 8.38. The molecule has 1 heterocycles. The molecule has 5 atom stereocenters. The number of hydrogen-bond acceptors (Lipinski definition) is 6. The van der Waals surface area contributed by atoms with Crippen molar-refractivity contribution in [1.82, 2.24) is 5.32 Å². The predicted octanol–water partition coefficient (Wildman–Crippen LogP) is 1.08. The van der Waals surface area contributed by atoms with Crippen molar-refractivity contribution in [1.29, 1.82) is 0 Å². The van der Waals surface area contributed by atoms with Gasteiger partial charge in [0.1, 0.15) is 12.2 Å². The van der Waals surface area contributed by atoms with Crippen molar-refractivity contribution < 1.29 is 29.2 Å². The molecule has 0 bridgehead atoms. The molecule has 0 aliphatic carbocycles. The fourth-order valence-corrected chi connectivity index (χ4v) is 2.58. The van der Waals surface area contributed by atoms with E-state index in [2.05, 4.69) is 12.2 Å². The van der Waals surface area contributed by atoms with E-state index in [0.29, 0.717) is 0 Å². The Kier molecular flexibility index (Phi) is 8.15. The van der Waals surface area contributed by atoms with Crippen molar-refractivity contribution in [3.63, 3.8) is 0 Å². The predicted molar refractivity (Wildman–Crippen MR) is 89.1 cm³/mol. The monoisotopic (exact) mass is 345 g/mol. The van der Waals surface area contributed by atoms with E-state index in [0.717, 1.165) is 12.8 Å². The van der Waals surface area contributed by atoms with Crippen LogP contribution in [0.15, 0.2) is 12.3 Å². The van der Waals surface area contributed by atoms with E-state index in [9.17, 15) is 15.0 Å². The first-order valence-corrected chi connectivity index (χ1v) is 8.38. The van der Waals surface area contributed by atoms with E-state index in [1.165, 1.54) is 7.11 Å². The summed E-state index contributed by atoms with van der Waals surface area (Å²) in [5, 5.41) is 23.0. The number of rotatable bonds is 8. The summed E-state index contributed by atoms with van der Waals surface area (Å²) >= 11 is 0. The molecule has 1 saturated heterocycles. The topological polar surface area (TPSA) is 97.3 Å². The van der Waals surface area contributed by atoms with Gasteiger partial charge in [-0.25, -0.2) is 0 Å². The van der Waals surface area contributed by atoms with Crippen LogP contribution in [0.25, 0.3) is 0 Å². The zero-order valence-corrected chi connectivity index (χ0v) is 15.2. The lowest BCUT2D eigenvalue weighted by Gasteiger charge is -2.42. The van der Waals surface area contributed by atoms with E-state index < -0.39 is 36.2 Å². The van der Waals surface area contributed by atoms with E-state index in [4.69, 9.17) is 14.2 Å². The number of ether oxygens (including phenoxy) is 3. The highest BCUT2D eigenvalue weighted by atomic mass is 16.7. The molecule has 0 aromatic heterocycles. The van der Waals surface area contributed by atoms with E-state index >= 15 is 0 Å². The number of allylic oxidation sites excluding steroid dienone is 1. The van der Waals surface area contributed by atoms with Crippen molar-refractivity contribution in [2.24, 2.45) is 0 Å². The van der Waals surface area contributed by atoms with Crippen LogP contribution < -0.4 is 5.32 Å². The number of carbonyl (C=O) groups excluding carboxylic acids is 1. The third-order valence-corrected chi connectivity index (χ3v) is 3.78. The molecule has 140 valence electrons.